The predicted octanol–water partition coefficient (Wildman–Crippen LogP) is 3.23. The Morgan fingerprint density at radius 2 is 1.93 bits per heavy atom. The topological polar surface area (TPSA) is 37.3 Å². The number of carboxylic acids is 1. The summed E-state index contributed by atoms with van der Waals surface area (Å²) in [6.07, 6.45) is 4.57. The van der Waals surface area contributed by atoms with Crippen LogP contribution in [0.3, 0.4) is 0 Å². The van der Waals surface area contributed by atoms with Crippen LogP contribution in [0.4, 0.5) is 0 Å². The molecular weight excluding hydrogens is 176 g/mol. The van der Waals surface area contributed by atoms with Gasteiger partial charge in [-0.2, -0.15) is 0 Å². The number of hydrogen-bond donors (Lipinski definition) is 1. The highest BCUT2D eigenvalue weighted by Crippen LogP contribution is 2.44. The second kappa shape index (κ2) is 3.41. The lowest BCUT2D eigenvalue weighted by Gasteiger charge is -2.38. The van der Waals surface area contributed by atoms with Gasteiger partial charge in [-0.05, 0) is 23.7 Å². The molecule has 1 aliphatic rings. The van der Waals surface area contributed by atoms with Crippen LogP contribution in [0.5, 0.6) is 0 Å². The van der Waals surface area contributed by atoms with E-state index in [-0.39, 0.29) is 17.3 Å². The Labute approximate surface area is 86.0 Å². The summed E-state index contributed by atoms with van der Waals surface area (Å²) in [6, 6.07) is 0. The third-order valence-corrected chi connectivity index (χ3v) is 3.17. The van der Waals surface area contributed by atoms with Crippen LogP contribution in [0.15, 0.2) is 11.6 Å². The zero-order valence-electron chi connectivity index (χ0n) is 9.55. The molecule has 1 rings (SSSR count). The van der Waals surface area contributed by atoms with E-state index in [1.165, 1.54) is 0 Å². The number of carbonyl (C=O) groups is 1. The minimum absolute atomic E-state index is 0.0634. The first-order valence-corrected chi connectivity index (χ1v) is 5.17. The van der Waals surface area contributed by atoms with Crippen molar-refractivity contribution in [1.29, 1.82) is 0 Å². The summed E-state index contributed by atoms with van der Waals surface area (Å²) in [5, 5.41) is 8.83. The Balaban J connectivity index is 2.94. The average molecular weight is 196 g/mol. The van der Waals surface area contributed by atoms with Crippen LogP contribution < -0.4 is 0 Å². The second-order valence-electron chi connectivity index (χ2n) is 5.61. The third-order valence-electron chi connectivity index (χ3n) is 3.17. The van der Waals surface area contributed by atoms with Gasteiger partial charge in [0.1, 0.15) is 0 Å². The van der Waals surface area contributed by atoms with Gasteiger partial charge in [-0.3, -0.25) is 4.79 Å². The molecule has 0 radical (unpaired) electrons. The maximum absolute atomic E-state index is 10.7. The Morgan fingerprint density at radius 3 is 2.43 bits per heavy atom. The molecule has 0 unspecified atom stereocenters. The molecule has 2 heteroatoms. The van der Waals surface area contributed by atoms with Gasteiger partial charge in [-0.25, -0.2) is 0 Å². The Hall–Kier alpha value is -0.790. The third kappa shape index (κ3) is 2.60. The van der Waals surface area contributed by atoms with Crippen molar-refractivity contribution in [2.75, 3.05) is 0 Å². The lowest BCUT2D eigenvalue weighted by molar-refractivity contribution is -0.136. The molecule has 0 aliphatic heterocycles. The fourth-order valence-electron chi connectivity index (χ4n) is 1.99. The van der Waals surface area contributed by atoms with Gasteiger partial charge in [0, 0.05) is 0 Å². The molecule has 0 fully saturated rings. The molecule has 1 N–H and O–H groups in total. The molecule has 0 aromatic carbocycles. The van der Waals surface area contributed by atoms with Gasteiger partial charge >= 0.3 is 5.97 Å². The number of rotatable bonds is 2. The van der Waals surface area contributed by atoms with E-state index in [2.05, 4.69) is 33.8 Å². The van der Waals surface area contributed by atoms with E-state index < -0.39 is 5.97 Å². The van der Waals surface area contributed by atoms with E-state index in [4.69, 9.17) is 5.11 Å². The molecule has 2 nitrogen and oxygen atoms in total. The highest BCUT2D eigenvalue weighted by Gasteiger charge is 2.33. The average Bonchev–Trinajstić information content (AvgIpc) is 1.97. The summed E-state index contributed by atoms with van der Waals surface area (Å²) in [5.74, 6) is -0.720. The van der Waals surface area contributed by atoms with Crippen LogP contribution in [0.2, 0.25) is 0 Å². The zero-order chi connectivity index (χ0) is 11.0. The first kappa shape index (κ1) is 11.3. The first-order valence-electron chi connectivity index (χ1n) is 5.17. The van der Waals surface area contributed by atoms with Gasteiger partial charge in [0.25, 0.3) is 0 Å². The summed E-state index contributed by atoms with van der Waals surface area (Å²) < 4.78 is 0. The van der Waals surface area contributed by atoms with Crippen molar-refractivity contribution in [2.45, 2.75) is 47.0 Å². The summed E-state index contributed by atoms with van der Waals surface area (Å²) in [5.41, 5.74) is 1.31. The van der Waals surface area contributed by atoms with Gasteiger partial charge in [0.05, 0.1) is 6.42 Å². The Kier molecular flexibility index (Phi) is 2.75. The largest absolute Gasteiger partial charge is 0.481 e. The molecular formula is C12H20O2. The number of allylic oxidation sites excluding steroid dienone is 1. The van der Waals surface area contributed by atoms with Gasteiger partial charge in [0.15, 0.2) is 0 Å². The van der Waals surface area contributed by atoms with E-state index in [9.17, 15) is 4.79 Å². The molecule has 1 aliphatic carbocycles. The van der Waals surface area contributed by atoms with Crippen molar-refractivity contribution < 1.29 is 9.90 Å². The van der Waals surface area contributed by atoms with E-state index >= 15 is 0 Å². The molecule has 0 bridgehead atoms. The number of hydrogen-bond acceptors (Lipinski definition) is 1. The van der Waals surface area contributed by atoms with E-state index in [0.29, 0.717) is 0 Å². The Bertz CT molecular complexity index is 272. The fraction of sp³-hybridized carbons (Fsp3) is 0.750. The Morgan fingerprint density at radius 1 is 1.36 bits per heavy atom. The first-order chi connectivity index (χ1) is 6.23. The minimum atomic E-state index is -0.720. The van der Waals surface area contributed by atoms with Crippen molar-refractivity contribution >= 4 is 5.97 Å². The van der Waals surface area contributed by atoms with Crippen molar-refractivity contribution in [3.8, 4) is 0 Å². The molecule has 0 amide bonds. The number of carboxylic acid groups (broad SMARTS) is 1. The van der Waals surface area contributed by atoms with Crippen molar-refractivity contribution in [3.05, 3.63) is 11.6 Å². The summed E-state index contributed by atoms with van der Waals surface area (Å²) in [6.45, 7) is 8.61. The van der Waals surface area contributed by atoms with Crippen LogP contribution >= 0.6 is 0 Å². The quantitative estimate of drug-likeness (QED) is 0.688. The van der Waals surface area contributed by atoms with Crippen LogP contribution in [0.1, 0.15) is 47.0 Å². The summed E-state index contributed by atoms with van der Waals surface area (Å²) >= 11 is 0. The van der Waals surface area contributed by atoms with Crippen molar-refractivity contribution in [3.63, 3.8) is 0 Å². The molecule has 0 saturated heterocycles. The summed E-state index contributed by atoms with van der Waals surface area (Å²) in [7, 11) is 0. The van der Waals surface area contributed by atoms with Crippen LogP contribution in [0.25, 0.3) is 0 Å². The predicted molar refractivity (Wildman–Crippen MR) is 57.1 cm³/mol. The molecule has 0 aromatic rings. The van der Waals surface area contributed by atoms with Crippen LogP contribution in [0, 0.1) is 10.8 Å². The molecule has 0 aromatic heterocycles. The van der Waals surface area contributed by atoms with Gasteiger partial charge in [-0.15, -0.1) is 0 Å². The van der Waals surface area contributed by atoms with E-state index in [1.54, 1.807) is 0 Å². The maximum atomic E-state index is 10.7. The molecule has 14 heavy (non-hydrogen) atoms. The van der Waals surface area contributed by atoms with Crippen LogP contribution in [-0.4, -0.2) is 11.1 Å². The minimum Gasteiger partial charge on any atom is -0.481 e. The zero-order valence-corrected chi connectivity index (χ0v) is 9.55. The second-order valence-corrected chi connectivity index (χ2v) is 5.61. The van der Waals surface area contributed by atoms with Crippen molar-refractivity contribution in [1.82, 2.24) is 0 Å². The lowest BCUT2D eigenvalue weighted by Crippen LogP contribution is -2.27. The van der Waals surface area contributed by atoms with Gasteiger partial charge in [0.2, 0.25) is 0 Å². The van der Waals surface area contributed by atoms with Gasteiger partial charge < -0.3 is 5.11 Å². The highest BCUT2D eigenvalue weighted by atomic mass is 16.4. The molecule has 0 spiro atoms. The SMILES string of the molecule is CC1(C)C=C(CC(=O)O)C(C)(C)CC1. The fourth-order valence-corrected chi connectivity index (χ4v) is 1.99. The highest BCUT2D eigenvalue weighted by molar-refractivity contribution is 5.70. The molecule has 0 heterocycles. The number of aliphatic carboxylic acids is 1. The van der Waals surface area contributed by atoms with E-state index in [0.717, 1.165) is 18.4 Å². The lowest BCUT2D eigenvalue weighted by atomic mass is 9.67. The van der Waals surface area contributed by atoms with Crippen LogP contribution in [-0.2, 0) is 4.79 Å². The summed E-state index contributed by atoms with van der Waals surface area (Å²) in [4.78, 5) is 10.7. The van der Waals surface area contributed by atoms with Crippen molar-refractivity contribution in [2.24, 2.45) is 10.8 Å². The maximum Gasteiger partial charge on any atom is 0.307 e. The van der Waals surface area contributed by atoms with Gasteiger partial charge in [-0.1, -0.05) is 39.3 Å². The monoisotopic (exact) mass is 196 g/mol. The molecule has 0 atom stereocenters. The smallest absolute Gasteiger partial charge is 0.307 e. The molecule has 0 saturated carbocycles. The standard InChI is InChI=1S/C12H20O2/c1-11(2)5-6-12(3,4)9(8-11)7-10(13)14/h8H,5-7H2,1-4H3,(H,13,14). The molecule has 80 valence electrons. The normalized spacial score (nSPS) is 24.1. The van der Waals surface area contributed by atoms with E-state index in [1.807, 2.05) is 0 Å².